The fourth-order valence-corrected chi connectivity index (χ4v) is 4.72. The quantitative estimate of drug-likeness (QED) is 0.344. The molecule has 1 aromatic carbocycles. The van der Waals surface area contributed by atoms with Crippen LogP contribution in [0.3, 0.4) is 0 Å². The minimum Gasteiger partial charge on any atom is -0.490 e. The van der Waals surface area contributed by atoms with Crippen LogP contribution in [0.4, 0.5) is 17.5 Å². The van der Waals surface area contributed by atoms with Crippen molar-refractivity contribution >= 4 is 41.0 Å². The van der Waals surface area contributed by atoms with Gasteiger partial charge in [-0.2, -0.15) is 5.10 Å². The van der Waals surface area contributed by atoms with Crippen LogP contribution in [-0.2, 0) is 0 Å². The van der Waals surface area contributed by atoms with Gasteiger partial charge in [-0.3, -0.25) is 5.10 Å². The van der Waals surface area contributed by atoms with E-state index in [1.807, 2.05) is 24.8 Å². The lowest BCUT2D eigenvalue weighted by atomic mass is 10.3. The van der Waals surface area contributed by atoms with E-state index < -0.39 is 0 Å². The number of aromatic nitrogens is 4. The molecule has 10 heteroatoms. The van der Waals surface area contributed by atoms with Gasteiger partial charge in [-0.05, 0) is 48.7 Å². The summed E-state index contributed by atoms with van der Waals surface area (Å²) in [6.07, 6.45) is 0. The van der Waals surface area contributed by atoms with Gasteiger partial charge in [-0.15, -0.1) is 11.8 Å². The van der Waals surface area contributed by atoms with E-state index in [4.69, 9.17) is 14.7 Å². The first kappa shape index (κ1) is 21.8. The fourth-order valence-electron chi connectivity index (χ4n) is 3.31. The Balaban J connectivity index is 1.68. The molecular weight excluding hydrogens is 430 g/mol. The van der Waals surface area contributed by atoms with Crippen LogP contribution < -0.4 is 20.3 Å². The number of aryl methyl sites for hydroxylation is 1. The van der Waals surface area contributed by atoms with E-state index in [9.17, 15) is 0 Å². The number of ether oxygens (including phenoxy) is 1. The molecule has 1 fully saturated rings. The zero-order chi connectivity index (χ0) is 21.6. The Kier molecular flexibility index (Phi) is 7.21. The summed E-state index contributed by atoms with van der Waals surface area (Å²) in [7, 11) is 1.66. The Morgan fingerprint density at radius 2 is 1.87 bits per heavy atom. The van der Waals surface area contributed by atoms with Crippen LogP contribution in [0.1, 0.15) is 12.6 Å². The van der Waals surface area contributed by atoms with Crippen LogP contribution in [0.5, 0.6) is 5.75 Å². The molecule has 0 aliphatic carbocycles. The average molecular weight is 458 g/mol. The summed E-state index contributed by atoms with van der Waals surface area (Å²) in [6, 6.07) is 10.4. The van der Waals surface area contributed by atoms with E-state index in [1.54, 1.807) is 18.9 Å². The molecule has 1 aliphatic rings. The highest BCUT2D eigenvalue weighted by Gasteiger charge is 2.23. The second-order valence-electron chi connectivity index (χ2n) is 7.02. The maximum atomic E-state index is 5.76. The molecule has 3 aromatic rings. The molecule has 164 valence electrons. The predicted octanol–water partition coefficient (Wildman–Crippen LogP) is 3.93. The minimum atomic E-state index is 0.609. The van der Waals surface area contributed by atoms with Crippen molar-refractivity contribution in [1.29, 1.82) is 0 Å². The first-order valence-corrected chi connectivity index (χ1v) is 12.1. The van der Waals surface area contributed by atoms with Gasteiger partial charge in [0.05, 0.1) is 7.11 Å². The van der Waals surface area contributed by atoms with Gasteiger partial charge in [0.15, 0.2) is 22.6 Å². The Hall–Kier alpha value is -2.43. The second kappa shape index (κ2) is 10.3. The first-order valence-electron chi connectivity index (χ1n) is 10.3. The van der Waals surface area contributed by atoms with Gasteiger partial charge < -0.3 is 20.3 Å². The molecule has 0 spiro atoms. The van der Waals surface area contributed by atoms with Crippen LogP contribution in [0, 0.1) is 6.92 Å². The Morgan fingerprint density at radius 3 is 2.52 bits per heavy atom. The number of aromatic amines is 1. The van der Waals surface area contributed by atoms with Crippen LogP contribution in [-0.4, -0.2) is 59.2 Å². The van der Waals surface area contributed by atoms with Gasteiger partial charge in [0.25, 0.3) is 0 Å². The van der Waals surface area contributed by atoms with Crippen molar-refractivity contribution in [3.63, 3.8) is 0 Å². The molecule has 31 heavy (non-hydrogen) atoms. The molecule has 3 heterocycles. The number of rotatable bonds is 8. The molecule has 0 unspecified atom stereocenters. The Labute approximate surface area is 191 Å². The van der Waals surface area contributed by atoms with Gasteiger partial charge in [0.1, 0.15) is 0 Å². The van der Waals surface area contributed by atoms with Crippen molar-refractivity contribution in [1.82, 2.24) is 25.5 Å². The van der Waals surface area contributed by atoms with E-state index in [2.05, 4.69) is 56.9 Å². The summed E-state index contributed by atoms with van der Waals surface area (Å²) < 4.78 is 5.76. The molecule has 0 atom stereocenters. The summed E-state index contributed by atoms with van der Waals surface area (Å²) in [5, 5.41) is 14.6. The van der Waals surface area contributed by atoms with E-state index in [0.717, 1.165) is 48.3 Å². The lowest BCUT2D eigenvalue weighted by molar-refractivity contribution is 0.409. The third-order valence-electron chi connectivity index (χ3n) is 4.74. The number of hydrogen-bond donors (Lipinski definition) is 3. The van der Waals surface area contributed by atoms with Crippen LogP contribution >= 0.6 is 23.5 Å². The number of thioether (sulfide) groups is 1. The molecule has 0 radical (unpaired) electrons. The number of benzene rings is 1. The summed E-state index contributed by atoms with van der Waals surface area (Å²) in [5.74, 6) is 3.79. The van der Waals surface area contributed by atoms with E-state index >= 15 is 0 Å². The van der Waals surface area contributed by atoms with E-state index in [1.165, 1.54) is 4.90 Å². The number of methoxy groups -OCH3 is 1. The molecule has 0 bridgehead atoms. The largest absolute Gasteiger partial charge is 0.490 e. The number of H-pyrrole nitrogens is 1. The number of piperazine rings is 1. The summed E-state index contributed by atoms with van der Waals surface area (Å²) in [6.45, 7) is 7.67. The topological polar surface area (TPSA) is 91.0 Å². The summed E-state index contributed by atoms with van der Waals surface area (Å²) in [4.78, 5) is 14.3. The Bertz CT molecular complexity index is 1000. The predicted molar refractivity (Wildman–Crippen MR) is 127 cm³/mol. The molecule has 1 saturated heterocycles. The van der Waals surface area contributed by atoms with Crippen molar-refractivity contribution < 1.29 is 4.74 Å². The molecule has 0 saturated carbocycles. The maximum absolute atomic E-state index is 5.76. The van der Waals surface area contributed by atoms with Crippen molar-refractivity contribution in [3.05, 3.63) is 36.0 Å². The highest BCUT2D eigenvalue weighted by atomic mass is 32.2. The maximum Gasteiger partial charge on any atom is 0.204 e. The SMILES string of the molecule is CCSc1ccc(Sc2nc(Nc3cc(C)[nH]n3)c(OC)c(N3CCNCC3)n2)cc1. The lowest BCUT2D eigenvalue weighted by Gasteiger charge is -2.30. The number of nitrogens with zero attached hydrogens (tertiary/aromatic N) is 4. The zero-order valence-corrected chi connectivity index (χ0v) is 19.6. The fraction of sp³-hybridized carbons (Fsp3) is 0.381. The Morgan fingerprint density at radius 1 is 1.13 bits per heavy atom. The van der Waals surface area contributed by atoms with E-state index in [0.29, 0.717) is 22.5 Å². The van der Waals surface area contributed by atoms with Gasteiger partial charge in [0, 0.05) is 47.7 Å². The number of hydrogen-bond acceptors (Lipinski definition) is 9. The first-order chi connectivity index (χ1) is 15.2. The molecule has 1 aliphatic heterocycles. The van der Waals surface area contributed by atoms with Gasteiger partial charge >= 0.3 is 0 Å². The van der Waals surface area contributed by atoms with Crippen molar-refractivity contribution in [2.75, 3.05) is 49.3 Å². The van der Waals surface area contributed by atoms with Gasteiger partial charge in [0.2, 0.25) is 5.75 Å². The molecule has 4 rings (SSSR count). The van der Waals surface area contributed by atoms with Gasteiger partial charge in [-0.25, -0.2) is 9.97 Å². The third kappa shape index (κ3) is 5.44. The normalized spacial score (nSPS) is 14.0. The molecule has 8 nitrogen and oxygen atoms in total. The lowest BCUT2D eigenvalue weighted by Crippen LogP contribution is -2.44. The molecular formula is C21H27N7OS2. The highest BCUT2D eigenvalue weighted by Crippen LogP contribution is 2.38. The monoisotopic (exact) mass is 457 g/mol. The zero-order valence-electron chi connectivity index (χ0n) is 17.9. The molecule has 0 amide bonds. The van der Waals surface area contributed by atoms with Crippen molar-refractivity contribution in [3.8, 4) is 5.75 Å². The second-order valence-corrected chi connectivity index (χ2v) is 9.39. The third-order valence-corrected chi connectivity index (χ3v) is 6.51. The van der Waals surface area contributed by atoms with Gasteiger partial charge in [-0.1, -0.05) is 6.92 Å². The van der Waals surface area contributed by atoms with Crippen LogP contribution in [0.15, 0.2) is 45.3 Å². The summed E-state index contributed by atoms with van der Waals surface area (Å²) >= 11 is 3.38. The standard InChI is InChI=1S/C21H27N7OS2/c1-4-30-15-5-7-16(8-6-15)31-21-24-19(23-17-13-14(2)26-27-17)18(29-3)20(25-21)28-11-9-22-10-12-28/h5-8,13,22H,4,9-12H2,1-3H3,(H2,23,24,25,26,27). The number of anilines is 3. The van der Waals surface area contributed by atoms with E-state index in [-0.39, 0.29) is 0 Å². The highest BCUT2D eigenvalue weighted by molar-refractivity contribution is 7.99. The molecule has 2 aromatic heterocycles. The summed E-state index contributed by atoms with van der Waals surface area (Å²) in [5.41, 5.74) is 0.970. The van der Waals surface area contributed by atoms with Crippen LogP contribution in [0.25, 0.3) is 0 Å². The minimum absolute atomic E-state index is 0.609. The smallest absolute Gasteiger partial charge is 0.204 e. The molecule has 3 N–H and O–H groups in total. The van der Waals surface area contributed by atoms with Crippen molar-refractivity contribution in [2.45, 2.75) is 28.8 Å². The van der Waals surface area contributed by atoms with Crippen molar-refractivity contribution in [2.24, 2.45) is 0 Å². The average Bonchev–Trinajstić information content (AvgIpc) is 3.20. The van der Waals surface area contributed by atoms with Crippen LogP contribution in [0.2, 0.25) is 0 Å². The number of nitrogens with one attached hydrogen (secondary N) is 3.